The van der Waals surface area contributed by atoms with E-state index >= 15 is 0 Å². The third kappa shape index (κ3) is 4.54. The number of ether oxygens (including phenoxy) is 3. The van der Waals surface area contributed by atoms with Crippen LogP contribution in [0.15, 0.2) is 30.3 Å². The van der Waals surface area contributed by atoms with E-state index in [1.165, 1.54) is 44.9 Å². The Balaban J connectivity index is 1.00. The monoisotopic (exact) mass is 563 g/mol. The molecule has 2 aliphatic heterocycles. The zero-order valence-electron chi connectivity index (χ0n) is 25.9. The van der Waals surface area contributed by atoms with Crippen LogP contribution >= 0.6 is 0 Å². The molecule has 8 unspecified atom stereocenters. The van der Waals surface area contributed by atoms with Gasteiger partial charge in [-0.05, 0) is 116 Å². The second kappa shape index (κ2) is 10.3. The van der Waals surface area contributed by atoms with Crippen LogP contribution in [0.3, 0.4) is 0 Å². The highest BCUT2D eigenvalue weighted by atomic mass is 16.7. The van der Waals surface area contributed by atoms with Gasteiger partial charge in [0.1, 0.15) is 12.1 Å². The second-order valence-corrected chi connectivity index (χ2v) is 15.8. The Kier molecular flexibility index (Phi) is 7.15. The summed E-state index contributed by atoms with van der Waals surface area (Å²) < 4.78 is 19.6. The third-order valence-electron chi connectivity index (χ3n) is 13.8. The lowest BCUT2D eigenvalue weighted by Gasteiger charge is -2.61. The first-order chi connectivity index (χ1) is 19.6. The number of benzene rings is 1. The third-order valence-corrected chi connectivity index (χ3v) is 13.8. The minimum atomic E-state index is -0.592. The minimum Gasteiger partial charge on any atom is -0.461 e. The van der Waals surface area contributed by atoms with Crippen LogP contribution in [0.5, 0.6) is 0 Å². The predicted octanol–water partition coefficient (Wildman–Crippen LogP) is 6.91. The van der Waals surface area contributed by atoms with Gasteiger partial charge in [0.2, 0.25) is 0 Å². The van der Waals surface area contributed by atoms with Crippen LogP contribution in [0.1, 0.15) is 97.5 Å². The quantitative estimate of drug-likeness (QED) is 0.403. The average Bonchev–Trinajstić information content (AvgIpc) is 3.40. The first-order valence-electron chi connectivity index (χ1n) is 16.9. The summed E-state index contributed by atoms with van der Waals surface area (Å²) in [5, 5.41) is 0. The molecule has 13 atom stereocenters. The van der Waals surface area contributed by atoms with Gasteiger partial charge < -0.3 is 19.9 Å². The number of hydrogen-bond donors (Lipinski definition) is 1. The minimum absolute atomic E-state index is 0.0160. The molecule has 5 nitrogen and oxygen atoms in total. The fourth-order valence-corrected chi connectivity index (χ4v) is 11.5. The van der Waals surface area contributed by atoms with Crippen molar-refractivity contribution in [3.63, 3.8) is 0 Å². The van der Waals surface area contributed by atoms with Crippen LogP contribution in [0.25, 0.3) is 0 Å². The average molecular weight is 564 g/mol. The Labute approximate surface area is 247 Å². The van der Waals surface area contributed by atoms with E-state index in [9.17, 15) is 4.79 Å². The van der Waals surface area contributed by atoms with Gasteiger partial charge in [0.15, 0.2) is 5.79 Å². The van der Waals surface area contributed by atoms with Crippen molar-refractivity contribution in [3.8, 4) is 0 Å². The molecule has 1 spiro atoms. The Bertz CT molecular complexity index is 1120. The molecule has 0 amide bonds. The van der Waals surface area contributed by atoms with E-state index in [4.69, 9.17) is 19.9 Å². The molecule has 4 aliphatic carbocycles. The summed E-state index contributed by atoms with van der Waals surface area (Å²) in [7, 11) is 0. The van der Waals surface area contributed by atoms with Crippen LogP contribution < -0.4 is 5.73 Å². The molecule has 2 N–H and O–H groups in total. The van der Waals surface area contributed by atoms with Gasteiger partial charge in [-0.15, -0.1) is 0 Å². The normalized spacial score (nSPS) is 49.4. The van der Waals surface area contributed by atoms with Crippen LogP contribution in [0.4, 0.5) is 0 Å². The summed E-state index contributed by atoms with van der Waals surface area (Å²) in [6.07, 6.45) is 12.9. The highest BCUT2D eigenvalue weighted by molar-refractivity contribution is 5.76. The van der Waals surface area contributed by atoms with Crippen molar-refractivity contribution in [1.82, 2.24) is 0 Å². The van der Waals surface area contributed by atoms with Gasteiger partial charge in [0.05, 0.1) is 12.7 Å². The summed E-state index contributed by atoms with van der Waals surface area (Å²) in [5.41, 5.74) is 8.09. The molecule has 1 aromatic carbocycles. The van der Waals surface area contributed by atoms with Gasteiger partial charge in [0, 0.05) is 12.3 Å². The molecule has 0 radical (unpaired) electrons. The molecular formula is C36H53NO4. The fraction of sp³-hybridized carbons (Fsp3) is 0.806. The van der Waals surface area contributed by atoms with Crippen molar-refractivity contribution in [2.75, 3.05) is 6.61 Å². The van der Waals surface area contributed by atoms with Gasteiger partial charge in [0.25, 0.3) is 0 Å². The first-order valence-corrected chi connectivity index (χ1v) is 16.9. The highest BCUT2D eigenvalue weighted by Crippen LogP contribution is 2.71. The Morgan fingerprint density at radius 2 is 1.76 bits per heavy atom. The summed E-state index contributed by atoms with van der Waals surface area (Å²) >= 11 is 0. The van der Waals surface area contributed by atoms with E-state index in [-0.39, 0.29) is 17.9 Å². The summed E-state index contributed by atoms with van der Waals surface area (Å²) in [6.45, 7) is 10.8. The number of rotatable bonds is 4. The Morgan fingerprint density at radius 3 is 2.51 bits per heavy atom. The molecule has 6 aliphatic rings. The zero-order valence-corrected chi connectivity index (χ0v) is 25.9. The topological polar surface area (TPSA) is 70.8 Å². The van der Waals surface area contributed by atoms with Gasteiger partial charge in [-0.3, -0.25) is 4.79 Å². The molecule has 2 heterocycles. The molecular weight excluding hydrogens is 510 g/mol. The molecule has 1 aromatic rings. The van der Waals surface area contributed by atoms with E-state index < -0.39 is 6.04 Å². The summed E-state index contributed by atoms with van der Waals surface area (Å²) in [5.74, 6) is 4.20. The lowest BCUT2D eigenvalue weighted by Crippen LogP contribution is -2.55. The van der Waals surface area contributed by atoms with Crippen molar-refractivity contribution in [1.29, 1.82) is 0 Å². The molecule has 226 valence electrons. The van der Waals surface area contributed by atoms with Crippen molar-refractivity contribution < 1.29 is 19.0 Å². The smallest absolute Gasteiger partial charge is 0.323 e. The van der Waals surface area contributed by atoms with Crippen molar-refractivity contribution >= 4 is 5.97 Å². The summed E-state index contributed by atoms with van der Waals surface area (Å²) in [4.78, 5) is 12.9. The Hall–Kier alpha value is -1.43. The second-order valence-electron chi connectivity index (χ2n) is 15.8. The van der Waals surface area contributed by atoms with Crippen LogP contribution in [-0.4, -0.2) is 36.6 Å². The number of carbonyl (C=O) groups excluding carboxylic acids is 1. The van der Waals surface area contributed by atoms with Crippen molar-refractivity contribution in [2.45, 2.75) is 122 Å². The number of hydrogen-bond acceptors (Lipinski definition) is 5. The zero-order chi connectivity index (χ0) is 28.6. The van der Waals surface area contributed by atoms with Gasteiger partial charge in [-0.1, -0.05) is 58.0 Å². The lowest BCUT2D eigenvalue weighted by molar-refractivity contribution is -0.273. The largest absolute Gasteiger partial charge is 0.461 e. The van der Waals surface area contributed by atoms with Crippen LogP contribution in [0, 0.1) is 52.3 Å². The Morgan fingerprint density at radius 1 is 0.976 bits per heavy atom. The lowest BCUT2D eigenvalue weighted by atomic mass is 9.44. The van der Waals surface area contributed by atoms with Crippen molar-refractivity contribution in [2.24, 2.45) is 58.0 Å². The number of nitrogens with two attached hydrogens (primary N) is 1. The molecule has 0 aromatic heterocycles. The van der Waals surface area contributed by atoms with Crippen LogP contribution in [0.2, 0.25) is 0 Å². The molecule has 5 heteroatoms. The van der Waals surface area contributed by atoms with Gasteiger partial charge in [-0.25, -0.2) is 0 Å². The SMILES string of the molecule is CC1C2C(CC3C4CCC5C[C@@H](OC(=O)C(N)Cc6ccccc6)CC[C@]5(C)C4CC[C@@]32C)O[C@]12CC[C@H](C)CO2. The number of esters is 1. The maximum atomic E-state index is 12.9. The first kappa shape index (κ1) is 28.3. The molecule has 7 rings (SSSR count). The maximum absolute atomic E-state index is 12.9. The predicted molar refractivity (Wildman–Crippen MR) is 160 cm³/mol. The maximum Gasteiger partial charge on any atom is 0.323 e. The molecule has 41 heavy (non-hydrogen) atoms. The van der Waals surface area contributed by atoms with Gasteiger partial charge in [-0.2, -0.15) is 0 Å². The van der Waals surface area contributed by atoms with Gasteiger partial charge >= 0.3 is 5.97 Å². The standard InChI is InChI=1S/C36H53NO4/c1-22-12-17-36(39-21-22)23(2)32-31(41-36)20-29-27-11-10-25-19-26(13-15-34(25,3)28(27)14-16-35(29,32)4)40-33(38)30(37)18-24-8-6-5-7-9-24/h5-9,22-23,25-32H,10-21,37H2,1-4H3/t22-,23?,25?,26-,27?,28?,29?,30?,31?,32?,34-,35-,36+/m0/s1. The molecule has 6 fully saturated rings. The molecule has 2 saturated heterocycles. The van der Waals surface area contributed by atoms with E-state index in [1.54, 1.807) is 0 Å². The van der Waals surface area contributed by atoms with Crippen molar-refractivity contribution in [3.05, 3.63) is 35.9 Å². The van der Waals surface area contributed by atoms with E-state index in [1.807, 2.05) is 30.3 Å². The summed E-state index contributed by atoms with van der Waals surface area (Å²) in [6, 6.07) is 9.44. The molecule has 0 bridgehead atoms. The van der Waals surface area contributed by atoms with Crippen LogP contribution in [-0.2, 0) is 25.4 Å². The number of fused-ring (bicyclic) bond motifs is 7. The highest BCUT2D eigenvalue weighted by Gasteiger charge is 2.69. The fourth-order valence-electron chi connectivity index (χ4n) is 11.5. The number of carbonyl (C=O) groups is 1. The van der Waals surface area contributed by atoms with E-state index in [0.29, 0.717) is 47.0 Å². The molecule has 4 saturated carbocycles. The van der Waals surface area contributed by atoms with E-state index in [2.05, 4.69) is 27.7 Å². The van der Waals surface area contributed by atoms with E-state index in [0.717, 1.165) is 49.2 Å².